The van der Waals surface area contributed by atoms with E-state index in [1.54, 1.807) is 7.11 Å². The number of nitrogens with two attached hydrogens (primary N) is 1. The van der Waals surface area contributed by atoms with E-state index in [1.165, 1.54) is 9.47 Å². The molecule has 9 heteroatoms. The van der Waals surface area contributed by atoms with Gasteiger partial charge in [-0.1, -0.05) is 36.4 Å². The van der Waals surface area contributed by atoms with Gasteiger partial charge in [-0.15, -0.1) is 0 Å². The third-order valence-corrected chi connectivity index (χ3v) is 5.48. The number of nitrogen functional groups attached to an aromatic ring is 1. The summed E-state index contributed by atoms with van der Waals surface area (Å²) in [6.45, 7) is 4.83. The lowest BCUT2D eigenvalue weighted by molar-refractivity contribution is -0.119. The molecule has 0 fully saturated rings. The molecular formula is C26H32N4O5. The topological polar surface area (TPSA) is 120 Å². The molecule has 1 amide bonds. The SMILES string of the molecule is COCCCN(C(=O)CCOc1cc(C)cc(C)c1)c1c(N)n(Cc2ccccc2)c(=O)[nH]c1=O. The van der Waals surface area contributed by atoms with Gasteiger partial charge in [0, 0.05) is 20.3 Å². The smallest absolute Gasteiger partial charge is 0.330 e. The molecule has 3 rings (SSSR count). The molecule has 1 aromatic heterocycles. The van der Waals surface area contributed by atoms with E-state index in [-0.39, 0.29) is 43.5 Å². The molecule has 0 radical (unpaired) electrons. The zero-order valence-corrected chi connectivity index (χ0v) is 20.4. The molecule has 3 aromatic rings. The van der Waals surface area contributed by atoms with Gasteiger partial charge in [0.2, 0.25) is 5.91 Å². The van der Waals surface area contributed by atoms with Crippen molar-refractivity contribution >= 4 is 17.4 Å². The number of hydrogen-bond acceptors (Lipinski definition) is 6. The fourth-order valence-electron chi connectivity index (χ4n) is 3.90. The lowest BCUT2D eigenvalue weighted by Crippen LogP contribution is -2.42. The summed E-state index contributed by atoms with van der Waals surface area (Å²) >= 11 is 0. The second kappa shape index (κ2) is 12.0. The quantitative estimate of drug-likeness (QED) is 0.407. The molecule has 2 aromatic carbocycles. The molecule has 0 aliphatic rings. The Labute approximate surface area is 204 Å². The number of methoxy groups -OCH3 is 1. The maximum Gasteiger partial charge on any atom is 0.330 e. The molecule has 0 spiro atoms. The Morgan fingerprint density at radius 1 is 1.06 bits per heavy atom. The molecular weight excluding hydrogens is 448 g/mol. The van der Waals surface area contributed by atoms with Gasteiger partial charge in [-0.3, -0.25) is 19.1 Å². The molecule has 0 aliphatic heterocycles. The van der Waals surface area contributed by atoms with Crippen molar-refractivity contribution < 1.29 is 14.3 Å². The van der Waals surface area contributed by atoms with Gasteiger partial charge in [0.05, 0.1) is 19.6 Å². The number of benzene rings is 2. The minimum absolute atomic E-state index is 0.0245. The van der Waals surface area contributed by atoms with Crippen LogP contribution in [0.15, 0.2) is 58.1 Å². The molecule has 1 heterocycles. The third-order valence-electron chi connectivity index (χ3n) is 5.48. The molecule has 35 heavy (non-hydrogen) atoms. The molecule has 186 valence electrons. The van der Waals surface area contributed by atoms with Gasteiger partial charge in [0.15, 0.2) is 5.69 Å². The fraction of sp³-hybridized carbons (Fsp3) is 0.346. The summed E-state index contributed by atoms with van der Waals surface area (Å²) in [5, 5.41) is 0. The van der Waals surface area contributed by atoms with Crippen LogP contribution in [0.1, 0.15) is 29.5 Å². The molecule has 0 bridgehead atoms. The number of amides is 1. The highest BCUT2D eigenvalue weighted by atomic mass is 16.5. The molecule has 9 nitrogen and oxygen atoms in total. The second-order valence-corrected chi connectivity index (χ2v) is 8.38. The average Bonchev–Trinajstić information content (AvgIpc) is 2.80. The fourth-order valence-corrected chi connectivity index (χ4v) is 3.90. The highest BCUT2D eigenvalue weighted by Gasteiger charge is 2.24. The van der Waals surface area contributed by atoms with Crippen molar-refractivity contribution in [2.75, 3.05) is 37.5 Å². The summed E-state index contributed by atoms with van der Waals surface area (Å²) in [6, 6.07) is 15.1. The van der Waals surface area contributed by atoms with Crippen LogP contribution in [0.25, 0.3) is 0 Å². The van der Waals surface area contributed by atoms with Crippen LogP contribution in [0, 0.1) is 13.8 Å². The van der Waals surface area contributed by atoms with Gasteiger partial charge in [0.25, 0.3) is 5.56 Å². The predicted octanol–water partition coefficient (Wildman–Crippen LogP) is 2.62. The van der Waals surface area contributed by atoms with Crippen LogP contribution in [0.2, 0.25) is 0 Å². The predicted molar refractivity (Wildman–Crippen MR) is 136 cm³/mol. The monoisotopic (exact) mass is 480 g/mol. The minimum Gasteiger partial charge on any atom is -0.493 e. The van der Waals surface area contributed by atoms with E-state index in [2.05, 4.69) is 4.98 Å². The van der Waals surface area contributed by atoms with E-state index in [4.69, 9.17) is 15.2 Å². The van der Waals surface area contributed by atoms with Crippen molar-refractivity contribution in [3.05, 3.63) is 86.1 Å². The van der Waals surface area contributed by atoms with E-state index in [9.17, 15) is 14.4 Å². The molecule has 0 aliphatic carbocycles. The number of aromatic nitrogens is 2. The van der Waals surface area contributed by atoms with Crippen molar-refractivity contribution in [2.24, 2.45) is 0 Å². The first-order valence-corrected chi connectivity index (χ1v) is 11.5. The summed E-state index contributed by atoms with van der Waals surface area (Å²) in [5.74, 6) is 0.270. The van der Waals surface area contributed by atoms with Crippen LogP contribution >= 0.6 is 0 Å². The maximum absolute atomic E-state index is 13.2. The second-order valence-electron chi connectivity index (χ2n) is 8.38. The first kappa shape index (κ1) is 25.8. The summed E-state index contributed by atoms with van der Waals surface area (Å²) in [7, 11) is 1.56. The number of hydrogen-bond donors (Lipinski definition) is 2. The number of carbonyl (C=O) groups is 1. The molecule has 0 unspecified atom stereocenters. The summed E-state index contributed by atoms with van der Waals surface area (Å²) in [4.78, 5) is 42.2. The highest BCUT2D eigenvalue weighted by Crippen LogP contribution is 2.20. The number of rotatable bonds is 11. The van der Waals surface area contributed by atoms with Crippen molar-refractivity contribution in [3.8, 4) is 5.75 Å². The number of H-pyrrole nitrogens is 1. The Morgan fingerprint density at radius 2 is 1.74 bits per heavy atom. The molecule has 0 saturated heterocycles. The zero-order chi connectivity index (χ0) is 25.4. The van der Waals surface area contributed by atoms with Crippen molar-refractivity contribution in [1.29, 1.82) is 0 Å². The van der Waals surface area contributed by atoms with Crippen LogP contribution in [0.4, 0.5) is 11.5 Å². The zero-order valence-electron chi connectivity index (χ0n) is 20.4. The molecule has 3 N–H and O–H groups in total. The lowest BCUT2D eigenvalue weighted by atomic mass is 10.1. The van der Waals surface area contributed by atoms with Gasteiger partial charge in [-0.05, 0) is 49.1 Å². The minimum atomic E-state index is -0.710. The third kappa shape index (κ3) is 6.83. The Bertz CT molecular complexity index is 1250. The Morgan fingerprint density at radius 3 is 2.40 bits per heavy atom. The van der Waals surface area contributed by atoms with Crippen molar-refractivity contribution in [3.63, 3.8) is 0 Å². The van der Waals surface area contributed by atoms with E-state index in [0.717, 1.165) is 16.7 Å². The van der Waals surface area contributed by atoms with Crippen molar-refractivity contribution in [1.82, 2.24) is 9.55 Å². The average molecular weight is 481 g/mol. The Kier molecular flexibility index (Phi) is 8.86. The summed E-state index contributed by atoms with van der Waals surface area (Å²) < 4.78 is 12.2. The van der Waals surface area contributed by atoms with Crippen LogP contribution in [-0.4, -0.2) is 42.3 Å². The van der Waals surface area contributed by atoms with E-state index >= 15 is 0 Å². The van der Waals surface area contributed by atoms with Gasteiger partial charge in [-0.2, -0.15) is 0 Å². The number of nitrogens with one attached hydrogen (secondary N) is 1. The Balaban J connectivity index is 1.86. The number of aryl methyl sites for hydroxylation is 2. The maximum atomic E-state index is 13.2. The number of aromatic amines is 1. The summed E-state index contributed by atoms with van der Waals surface area (Å²) in [6.07, 6.45) is 0.507. The van der Waals surface area contributed by atoms with Crippen LogP contribution in [-0.2, 0) is 16.1 Å². The normalized spacial score (nSPS) is 10.8. The van der Waals surface area contributed by atoms with E-state index in [0.29, 0.717) is 18.8 Å². The first-order valence-electron chi connectivity index (χ1n) is 11.5. The number of ether oxygens (including phenoxy) is 2. The van der Waals surface area contributed by atoms with Gasteiger partial charge in [-0.25, -0.2) is 4.79 Å². The lowest BCUT2D eigenvalue weighted by Gasteiger charge is -2.24. The molecule has 0 saturated carbocycles. The van der Waals surface area contributed by atoms with Gasteiger partial charge in [0.1, 0.15) is 11.6 Å². The standard InChI is InChI=1S/C26H32N4O5/c1-18-14-19(2)16-21(15-18)35-13-10-22(31)29(11-7-12-34-3)23-24(27)30(26(33)28-25(23)32)17-20-8-5-4-6-9-20/h4-6,8-9,14-16H,7,10-13,17,27H2,1-3H3,(H,28,32,33). The van der Waals surface area contributed by atoms with Gasteiger partial charge < -0.3 is 20.1 Å². The van der Waals surface area contributed by atoms with Crippen LogP contribution in [0.3, 0.4) is 0 Å². The highest BCUT2D eigenvalue weighted by molar-refractivity contribution is 5.95. The number of anilines is 2. The Hall–Kier alpha value is -3.85. The number of nitrogens with zero attached hydrogens (tertiary/aromatic N) is 2. The van der Waals surface area contributed by atoms with Crippen molar-refractivity contribution in [2.45, 2.75) is 33.2 Å². The van der Waals surface area contributed by atoms with E-state index < -0.39 is 11.2 Å². The van der Waals surface area contributed by atoms with Crippen LogP contribution in [0.5, 0.6) is 5.75 Å². The van der Waals surface area contributed by atoms with E-state index in [1.807, 2.05) is 62.4 Å². The molecule has 0 atom stereocenters. The largest absolute Gasteiger partial charge is 0.493 e. The first-order chi connectivity index (χ1) is 16.8. The summed E-state index contributed by atoms with van der Waals surface area (Å²) in [5.41, 5.74) is 7.88. The van der Waals surface area contributed by atoms with Gasteiger partial charge >= 0.3 is 5.69 Å². The number of carbonyl (C=O) groups excluding carboxylic acids is 1. The van der Waals surface area contributed by atoms with Crippen LogP contribution < -0.4 is 26.6 Å².